The second-order valence-electron chi connectivity index (χ2n) is 17.8. The standard InChI is InChI=1S/C50H64Cl4N6O13S2/c1-59(2)45-29-39-41(25-33(51)27-43(39)53)49(45)72-35-5-9-37(10-6-35)74(63,64)57-15-19-69-23-21-67-17-13-55-47(61)31-71-32-48(62)56-14-18-68-22-24-70-20-16-58-75(65,66)38-11-7-36(8-12-38)73-50-42-26-34(52)28-44(54)40(42)30-46(50)60(3)4/h5-12,25-28,45-46,49-50,57-58H,13-24,29-32H2,1-4H3,(H,55,61)(H,56,62)/t45-,46-,49-,50-/m0/s1. The van der Waals surface area contributed by atoms with E-state index >= 15 is 0 Å². The van der Waals surface area contributed by atoms with E-state index in [2.05, 4.69) is 29.9 Å². The molecule has 75 heavy (non-hydrogen) atoms. The molecule has 0 bridgehead atoms. The van der Waals surface area contributed by atoms with Crippen molar-refractivity contribution in [1.82, 2.24) is 29.9 Å². The lowest BCUT2D eigenvalue weighted by atomic mass is 10.1. The Morgan fingerprint density at radius 3 is 1.20 bits per heavy atom. The number of carbonyl (C=O) groups excluding carboxylic acids is 2. The predicted octanol–water partition coefficient (Wildman–Crippen LogP) is 5.09. The van der Waals surface area contributed by atoms with Crippen molar-refractivity contribution >= 4 is 78.3 Å². The second kappa shape index (κ2) is 29.2. The fourth-order valence-electron chi connectivity index (χ4n) is 8.28. The molecule has 0 heterocycles. The fraction of sp³-hybridized carbons (Fsp3) is 0.480. The van der Waals surface area contributed by atoms with Crippen LogP contribution >= 0.6 is 46.4 Å². The molecule has 2 aliphatic carbocycles. The smallest absolute Gasteiger partial charge is 0.246 e. The number of fused-ring (bicyclic) bond motifs is 2. The highest BCUT2D eigenvalue weighted by Crippen LogP contribution is 2.43. The third kappa shape index (κ3) is 18.1. The first-order chi connectivity index (χ1) is 35.8. The summed E-state index contributed by atoms with van der Waals surface area (Å²) in [5.74, 6) is 0.156. The van der Waals surface area contributed by atoms with Gasteiger partial charge in [0.1, 0.15) is 36.9 Å². The fourth-order valence-corrected chi connectivity index (χ4v) is 11.5. The van der Waals surface area contributed by atoms with Gasteiger partial charge in [0.05, 0.1) is 74.7 Å². The molecule has 0 aromatic heterocycles. The van der Waals surface area contributed by atoms with Gasteiger partial charge in [0.2, 0.25) is 31.9 Å². The first-order valence-corrected chi connectivity index (χ1v) is 28.5. The first-order valence-electron chi connectivity index (χ1n) is 24.1. The quantitative estimate of drug-likeness (QED) is 0.0468. The van der Waals surface area contributed by atoms with Crippen molar-refractivity contribution in [3.05, 3.63) is 115 Å². The van der Waals surface area contributed by atoms with E-state index < -0.39 is 31.9 Å². The predicted molar refractivity (Wildman–Crippen MR) is 285 cm³/mol. The van der Waals surface area contributed by atoms with E-state index in [1.165, 1.54) is 24.3 Å². The van der Waals surface area contributed by atoms with E-state index in [-0.39, 0.29) is 126 Å². The number of hydrogen-bond donors (Lipinski definition) is 4. The van der Waals surface area contributed by atoms with Crippen molar-refractivity contribution in [2.24, 2.45) is 0 Å². The minimum atomic E-state index is -3.80. The summed E-state index contributed by atoms with van der Waals surface area (Å²) < 4.78 is 96.3. The number of sulfonamides is 2. The maximum atomic E-state index is 12.9. The Morgan fingerprint density at radius 2 is 0.853 bits per heavy atom. The van der Waals surface area contributed by atoms with Crippen molar-refractivity contribution in [1.29, 1.82) is 0 Å². The Bertz CT molecular complexity index is 2560. The summed E-state index contributed by atoms with van der Waals surface area (Å²) in [6.07, 6.45) is 0.698. The molecule has 19 nitrogen and oxygen atoms in total. The van der Waals surface area contributed by atoms with Crippen LogP contribution in [0.3, 0.4) is 0 Å². The first kappa shape index (κ1) is 60.4. The van der Waals surface area contributed by atoms with Crippen LogP contribution in [0, 0.1) is 0 Å². The highest BCUT2D eigenvalue weighted by molar-refractivity contribution is 7.89. The van der Waals surface area contributed by atoms with Gasteiger partial charge in [-0.3, -0.25) is 9.59 Å². The Kier molecular flexibility index (Phi) is 23.5. The van der Waals surface area contributed by atoms with Crippen LogP contribution in [-0.4, -0.2) is 171 Å². The van der Waals surface area contributed by atoms with E-state index in [0.29, 0.717) is 44.4 Å². The van der Waals surface area contributed by atoms with Gasteiger partial charge in [-0.2, -0.15) is 0 Å². The topological polar surface area (TPSA) is 222 Å². The molecule has 4 N–H and O–H groups in total. The molecule has 0 aliphatic heterocycles. The van der Waals surface area contributed by atoms with Crippen molar-refractivity contribution in [3.63, 3.8) is 0 Å². The van der Waals surface area contributed by atoms with Crippen molar-refractivity contribution in [2.45, 2.75) is 46.9 Å². The maximum absolute atomic E-state index is 12.9. The summed E-state index contributed by atoms with van der Waals surface area (Å²) in [6.45, 7) is 1.32. The normalized spacial score (nSPS) is 17.3. The highest BCUT2D eigenvalue weighted by atomic mass is 35.5. The summed E-state index contributed by atoms with van der Waals surface area (Å²) in [4.78, 5) is 28.4. The van der Waals surface area contributed by atoms with Gasteiger partial charge in [0.25, 0.3) is 0 Å². The van der Waals surface area contributed by atoms with Crippen LogP contribution in [0.1, 0.15) is 34.5 Å². The molecule has 2 amide bonds. The van der Waals surface area contributed by atoms with Gasteiger partial charge in [-0.25, -0.2) is 26.3 Å². The molecule has 0 spiro atoms. The second-order valence-corrected chi connectivity index (χ2v) is 23.1. The van der Waals surface area contributed by atoms with E-state index in [4.69, 9.17) is 79.6 Å². The summed E-state index contributed by atoms with van der Waals surface area (Å²) in [6, 6.07) is 19.6. The number of rotatable bonds is 32. The lowest BCUT2D eigenvalue weighted by molar-refractivity contribution is -0.131. The molecule has 4 aromatic carbocycles. The number of likely N-dealkylation sites (N-methyl/N-ethyl adjacent to an activating group) is 2. The number of amides is 2. The minimum Gasteiger partial charge on any atom is -0.484 e. The minimum absolute atomic E-state index is 0.0117. The molecule has 0 unspecified atom stereocenters. The average molecular weight is 1160 g/mol. The van der Waals surface area contributed by atoms with Gasteiger partial charge in [-0.15, -0.1) is 0 Å². The molecule has 6 rings (SSSR count). The zero-order chi connectivity index (χ0) is 54.1. The van der Waals surface area contributed by atoms with E-state index in [1.807, 2.05) is 40.3 Å². The molecule has 412 valence electrons. The molecule has 4 atom stereocenters. The van der Waals surface area contributed by atoms with Crippen LogP contribution in [0.5, 0.6) is 11.5 Å². The zero-order valence-electron chi connectivity index (χ0n) is 42.1. The highest BCUT2D eigenvalue weighted by Gasteiger charge is 2.39. The molecular formula is C50H64Cl4N6O13S2. The van der Waals surface area contributed by atoms with Crippen LogP contribution in [0.4, 0.5) is 0 Å². The molecule has 4 aromatic rings. The van der Waals surface area contributed by atoms with E-state index in [1.54, 1.807) is 36.4 Å². The van der Waals surface area contributed by atoms with Gasteiger partial charge in [-0.05, 0) is 125 Å². The number of hydrogen-bond acceptors (Lipinski definition) is 15. The van der Waals surface area contributed by atoms with E-state index in [0.717, 1.165) is 22.3 Å². The SMILES string of the molecule is CN(C)[C@H]1Cc2c(Cl)cc(Cl)cc2[C@@H]1Oc1ccc(S(=O)(=O)NCCOCCOCCNC(=O)COCC(=O)NCCOCCOCCNS(=O)(=O)c2ccc(O[C@H]3c4cc(Cl)cc(Cl)c4C[C@@H]3N(C)C)cc2)cc1. The van der Waals surface area contributed by atoms with Crippen molar-refractivity contribution in [2.75, 3.05) is 120 Å². The molecule has 25 heteroatoms. The number of nitrogens with one attached hydrogen (secondary N) is 4. The summed E-state index contributed by atoms with van der Waals surface area (Å²) in [5, 5.41) is 7.46. The Morgan fingerprint density at radius 1 is 0.507 bits per heavy atom. The molecule has 0 saturated heterocycles. The van der Waals surface area contributed by atoms with Gasteiger partial charge in [0.15, 0.2) is 0 Å². The van der Waals surface area contributed by atoms with Crippen LogP contribution in [-0.2, 0) is 66.2 Å². The van der Waals surface area contributed by atoms with Gasteiger partial charge >= 0.3 is 0 Å². The molecule has 2 aliphatic rings. The van der Waals surface area contributed by atoms with E-state index in [9.17, 15) is 26.4 Å². The van der Waals surface area contributed by atoms with Crippen molar-refractivity contribution < 1.29 is 59.6 Å². The van der Waals surface area contributed by atoms with Crippen molar-refractivity contribution in [3.8, 4) is 11.5 Å². The van der Waals surface area contributed by atoms with Gasteiger partial charge < -0.3 is 53.6 Å². The monoisotopic (exact) mass is 1160 g/mol. The van der Waals surface area contributed by atoms with Crippen LogP contribution in [0.15, 0.2) is 82.6 Å². The molecular weight excluding hydrogens is 1100 g/mol. The molecule has 0 saturated carbocycles. The van der Waals surface area contributed by atoms with Gasteiger partial charge in [-0.1, -0.05) is 46.4 Å². The third-order valence-electron chi connectivity index (χ3n) is 12.1. The third-order valence-corrected chi connectivity index (χ3v) is 16.1. The number of ether oxygens (including phenoxy) is 7. The number of carbonyl (C=O) groups is 2. The maximum Gasteiger partial charge on any atom is 0.246 e. The van der Waals surface area contributed by atoms with Gasteiger partial charge in [0, 0.05) is 57.4 Å². The Balaban J connectivity index is 0.717. The number of halogens is 4. The number of benzene rings is 4. The van der Waals surface area contributed by atoms with Crippen LogP contribution in [0.25, 0.3) is 0 Å². The van der Waals surface area contributed by atoms with Crippen LogP contribution in [0.2, 0.25) is 20.1 Å². The average Bonchev–Trinajstić information content (AvgIpc) is 3.92. The zero-order valence-corrected chi connectivity index (χ0v) is 46.7. The molecule has 0 radical (unpaired) electrons. The summed E-state index contributed by atoms with van der Waals surface area (Å²) in [7, 11) is 0.254. The van der Waals surface area contributed by atoms with Crippen LogP contribution < -0.4 is 29.6 Å². The summed E-state index contributed by atoms with van der Waals surface area (Å²) in [5.41, 5.74) is 3.78. The Hall–Kier alpha value is -3.88. The largest absolute Gasteiger partial charge is 0.484 e. The lowest BCUT2D eigenvalue weighted by Gasteiger charge is -2.27. The number of nitrogens with zero attached hydrogens (tertiary/aromatic N) is 2. The summed E-state index contributed by atoms with van der Waals surface area (Å²) >= 11 is 25.5. The lowest BCUT2D eigenvalue weighted by Crippen LogP contribution is -2.34. The molecule has 0 fully saturated rings. The Labute approximate surface area is 459 Å².